The Kier molecular flexibility index (Phi) is 1.89. The van der Waals surface area contributed by atoms with E-state index >= 15 is 0 Å². The van der Waals surface area contributed by atoms with Gasteiger partial charge in [0, 0.05) is 5.41 Å². The minimum absolute atomic E-state index is 0.0398. The van der Waals surface area contributed by atoms with Crippen LogP contribution in [0.25, 0.3) is 0 Å². The summed E-state index contributed by atoms with van der Waals surface area (Å²) >= 11 is 0. The van der Waals surface area contributed by atoms with Crippen molar-refractivity contribution in [3.8, 4) is 5.88 Å². The van der Waals surface area contributed by atoms with Gasteiger partial charge in [0.1, 0.15) is 0 Å². The van der Waals surface area contributed by atoms with Gasteiger partial charge in [-0.05, 0) is 0 Å². The van der Waals surface area contributed by atoms with E-state index in [4.69, 9.17) is 9.15 Å². The zero-order valence-electron chi connectivity index (χ0n) is 7.34. The van der Waals surface area contributed by atoms with Crippen molar-refractivity contribution in [3.05, 3.63) is 12.2 Å². The van der Waals surface area contributed by atoms with E-state index in [-0.39, 0.29) is 5.41 Å². The summed E-state index contributed by atoms with van der Waals surface area (Å²) < 4.78 is 10.2. The molecule has 0 saturated carbocycles. The van der Waals surface area contributed by atoms with Gasteiger partial charge >= 0.3 is 0 Å². The summed E-state index contributed by atoms with van der Waals surface area (Å²) in [7, 11) is 1.59. The Hall–Kier alpha value is -0.990. The molecule has 11 heavy (non-hydrogen) atoms. The maximum atomic E-state index is 5.18. The summed E-state index contributed by atoms with van der Waals surface area (Å²) in [4.78, 5) is 3.91. The molecule has 3 heteroatoms. The van der Waals surface area contributed by atoms with Crippen LogP contribution in [-0.4, -0.2) is 12.1 Å². The average molecular weight is 155 g/mol. The van der Waals surface area contributed by atoms with Gasteiger partial charge in [0.05, 0.1) is 7.11 Å². The van der Waals surface area contributed by atoms with E-state index in [2.05, 4.69) is 25.8 Å². The van der Waals surface area contributed by atoms with Gasteiger partial charge in [-0.3, -0.25) is 0 Å². The Morgan fingerprint density at radius 1 is 1.45 bits per heavy atom. The van der Waals surface area contributed by atoms with Crippen LogP contribution in [0.5, 0.6) is 5.88 Å². The van der Waals surface area contributed by atoms with Crippen LogP contribution in [0.4, 0.5) is 0 Å². The molecule has 1 aromatic rings. The minimum atomic E-state index is -0.0398. The Morgan fingerprint density at radius 2 is 2.09 bits per heavy atom. The molecule has 0 N–H and O–H groups in total. The van der Waals surface area contributed by atoms with Crippen LogP contribution >= 0.6 is 0 Å². The highest BCUT2D eigenvalue weighted by molar-refractivity contribution is 5.21. The lowest BCUT2D eigenvalue weighted by Gasteiger charge is -2.14. The largest absolute Gasteiger partial charge is 0.479 e. The van der Waals surface area contributed by atoms with E-state index in [0.29, 0.717) is 5.88 Å². The zero-order valence-corrected chi connectivity index (χ0v) is 7.34. The third kappa shape index (κ3) is 1.53. The van der Waals surface area contributed by atoms with E-state index in [1.54, 1.807) is 7.11 Å². The highest BCUT2D eigenvalue weighted by Crippen LogP contribution is 2.29. The van der Waals surface area contributed by atoms with Gasteiger partial charge in [-0.15, -0.1) is 0 Å². The number of hydrogen-bond acceptors (Lipinski definition) is 3. The summed E-state index contributed by atoms with van der Waals surface area (Å²) in [5.74, 6) is 1.37. The van der Waals surface area contributed by atoms with Gasteiger partial charge in [0.25, 0.3) is 5.88 Å². The molecule has 0 radical (unpaired) electrons. The van der Waals surface area contributed by atoms with Gasteiger partial charge in [0.15, 0.2) is 12.2 Å². The first-order valence-corrected chi connectivity index (χ1v) is 3.53. The van der Waals surface area contributed by atoms with Crippen LogP contribution in [0.3, 0.4) is 0 Å². The molecule has 0 aliphatic rings. The van der Waals surface area contributed by atoms with E-state index in [0.717, 1.165) is 5.76 Å². The maximum absolute atomic E-state index is 5.18. The number of oxazole rings is 1. The van der Waals surface area contributed by atoms with E-state index in [9.17, 15) is 0 Å². The number of rotatable bonds is 1. The smallest absolute Gasteiger partial charge is 0.256 e. The van der Waals surface area contributed by atoms with E-state index < -0.39 is 0 Å². The predicted octanol–water partition coefficient (Wildman–Crippen LogP) is 1.98. The Bertz CT molecular complexity index is 234. The van der Waals surface area contributed by atoms with E-state index in [1.165, 1.54) is 6.39 Å². The number of nitrogens with zero attached hydrogens (tertiary/aromatic N) is 1. The normalized spacial score (nSPS) is 11.6. The summed E-state index contributed by atoms with van der Waals surface area (Å²) in [5, 5.41) is 0. The molecule has 0 saturated heterocycles. The molecular weight excluding hydrogens is 142 g/mol. The molecule has 62 valence electrons. The molecular formula is C8H13NO2. The topological polar surface area (TPSA) is 35.3 Å². The van der Waals surface area contributed by atoms with Crippen LogP contribution in [-0.2, 0) is 5.41 Å². The summed E-state index contributed by atoms with van der Waals surface area (Å²) in [6.07, 6.45) is 1.40. The second-order valence-electron chi connectivity index (χ2n) is 3.44. The Morgan fingerprint density at radius 3 is 2.45 bits per heavy atom. The van der Waals surface area contributed by atoms with Gasteiger partial charge in [-0.25, -0.2) is 0 Å². The lowest BCUT2D eigenvalue weighted by Crippen LogP contribution is -2.11. The zero-order chi connectivity index (χ0) is 8.48. The molecule has 1 heterocycles. The van der Waals surface area contributed by atoms with Crippen molar-refractivity contribution in [1.29, 1.82) is 0 Å². The first kappa shape index (κ1) is 8.11. The molecule has 0 atom stereocenters. The fourth-order valence-corrected chi connectivity index (χ4v) is 0.879. The van der Waals surface area contributed by atoms with Gasteiger partial charge < -0.3 is 9.15 Å². The second kappa shape index (κ2) is 2.57. The van der Waals surface area contributed by atoms with Gasteiger partial charge in [-0.2, -0.15) is 4.98 Å². The maximum Gasteiger partial charge on any atom is 0.256 e. The average Bonchev–Trinajstić information content (AvgIpc) is 2.31. The lowest BCUT2D eigenvalue weighted by atomic mass is 9.94. The van der Waals surface area contributed by atoms with Gasteiger partial charge in [-0.1, -0.05) is 20.8 Å². The molecule has 0 aromatic carbocycles. The number of ether oxygens (including phenoxy) is 1. The minimum Gasteiger partial charge on any atom is -0.479 e. The third-order valence-corrected chi connectivity index (χ3v) is 1.41. The quantitative estimate of drug-likeness (QED) is 0.622. The first-order valence-electron chi connectivity index (χ1n) is 3.53. The second-order valence-corrected chi connectivity index (χ2v) is 3.44. The molecule has 0 unspecified atom stereocenters. The summed E-state index contributed by atoms with van der Waals surface area (Å²) in [6.45, 7) is 6.15. The molecule has 0 bridgehead atoms. The molecule has 1 rings (SSSR count). The van der Waals surface area contributed by atoms with Crippen molar-refractivity contribution in [1.82, 2.24) is 4.98 Å². The number of aromatic nitrogens is 1. The number of methoxy groups -OCH3 is 1. The van der Waals surface area contributed by atoms with Crippen molar-refractivity contribution in [2.45, 2.75) is 26.2 Å². The van der Waals surface area contributed by atoms with E-state index in [1.807, 2.05) is 0 Å². The highest BCUT2D eigenvalue weighted by Gasteiger charge is 2.23. The molecule has 0 fully saturated rings. The molecule has 1 aromatic heterocycles. The van der Waals surface area contributed by atoms with Crippen LogP contribution < -0.4 is 4.74 Å². The first-order chi connectivity index (χ1) is 5.05. The predicted molar refractivity (Wildman–Crippen MR) is 41.8 cm³/mol. The van der Waals surface area contributed by atoms with Crippen molar-refractivity contribution < 1.29 is 9.15 Å². The number of hydrogen-bond donors (Lipinski definition) is 0. The van der Waals surface area contributed by atoms with Crippen LogP contribution in [0.15, 0.2) is 10.8 Å². The van der Waals surface area contributed by atoms with Crippen LogP contribution in [0.1, 0.15) is 26.5 Å². The molecule has 0 amide bonds. The molecule has 3 nitrogen and oxygen atoms in total. The summed E-state index contributed by atoms with van der Waals surface area (Å²) in [5.41, 5.74) is -0.0398. The van der Waals surface area contributed by atoms with Gasteiger partial charge in [0.2, 0.25) is 0 Å². The lowest BCUT2D eigenvalue weighted by molar-refractivity contribution is 0.348. The van der Waals surface area contributed by atoms with Crippen molar-refractivity contribution in [2.24, 2.45) is 0 Å². The monoisotopic (exact) mass is 155 g/mol. The van der Waals surface area contributed by atoms with Crippen molar-refractivity contribution in [3.63, 3.8) is 0 Å². The van der Waals surface area contributed by atoms with Crippen LogP contribution in [0.2, 0.25) is 0 Å². The highest BCUT2D eigenvalue weighted by atomic mass is 16.5. The Labute approximate surface area is 66.4 Å². The third-order valence-electron chi connectivity index (χ3n) is 1.41. The fourth-order valence-electron chi connectivity index (χ4n) is 0.879. The standard InChI is InChI=1S/C8H13NO2/c1-8(2,3)6-7(10-4)9-5-11-6/h5H,1-4H3. The fraction of sp³-hybridized carbons (Fsp3) is 0.625. The van der Waals surface area contributed by atoms with Crippen molar-refractivity contribution in [2.75, 3.05) is 7.11 Å². The van der Waals surface area contributed by atoms with Crippen molar-refractivity contribution >= 4 is 0 Å². The Balaban J connectivity index is 3.02. The van der Waals surface area contributed by atoms with Crippen LogP contribution in [0, 0.1) is 0 Å². The molecule has 0 aliphatic carbocycles. The molecule has 0 aliphatic heterocycles. The molecule has 0 spiro atoms. The summed E-state index contributed by atoms with van der Waals surface area (Å²) in [6, 6.07) is 0. The SMILES string of the molecule is COc1ncoc1C(C)(C)C.